The van der Waals surface area contributed by atoms with Crippen LogP contribution in [0.1, 0.15) is 39.0 Å². The molecule has 170 valence electrons. The van der Waals surface area contributed by atoms with Gasteiger partial charge in [-0.05, 0) is 38.0 Å². The summed E-state index contributed by atoms with van der Waals surface area (Å²) >= 11 is 3.15. The number of nitrogens with zero attached hydrogens (tertiary/aromatic N) is 1. The van der Waals surface area contributed by atoms with Crippen molar-refractivity contribution in [3.63, 3.8) is 0 Å². The van der Waals surface area contributed by atoms with Crippen molar-refractivity contribution < 1.29 is 19.1 Å². The number of amides is 3. The van der Waals surface area contributed by atoms with Crippen LogP contribution in [0.5, 0.6) is 0 Å². The molecule has 1 aromatic heterocycles. The number of hydrogen-bond acceptors (Lipinski definition) is 7. The van der Waals surface area contributed by atoms with Gasteiger partial charge in [-0.3, -0.25) is 4.79 Å². The Balaban J connectivity index is 1.36. The number of rotatable bonds is 13. The lowest BCUT2D eigenvalue weighted by atomic mass is 10.0. The zero-order valence-corrected chi connectivity index (χ0v) is 19.6. The summed E-state index contributed by atoms with van der Waals surface area (Å²) in [6.07, 6.45) is 4.22. The Labute approximate surface area is 190 Å². The molecule has 2 unspecified atom stereocenters. The van der Waals surface area contributed by atoms with E-state index < -0.39 is 0 Å². The van der Waals surface area contributed by atoms with E-state index in [-0.39, 0.29) is 24.0 Å². The van der Waals surface area contributed by atoms with E-state index in [1.54, 1.807) is 30.2 Å². The van der Waals surface area contributed by atoms with Crippen molar-refractivity contribution in [2.24, 2.45) is 0 Å². The first-order chi connectivity index (χ1) is 15.0. The summed E-state index contributed by atoms with van der Waals surface area (Å²) in [6.45, 7) is 3.16. The molecule has 3 N–H and O–H groups in total. The number of aromatic nitrogens is 1. The van der Waals surface area contributed by atoms with Crippen LogP contribution in [0.2, 0.25) is 0 Å². The highest BCUT2D eigenvalue weighted by atomic mass is 32.2. The number of nitrogens with one attached hydrogen (secondary N) is 3. The lowest BCUT2D eigenvalue weighted by Crippen LogP contribution is -2.30. The largest absolute Gasteiger partial charge is 0.382 e. The lowest BCUT2D eigenvalue weighted by molar-refractivity contribution is -0.116. The quantitative estimate of drug-likeness (QED) is 0.235. The highest BCUT2D eigenvalue weighted by molar-refractivity contribution is 8.01. The summed E-state index contributed by atoms with van der Waals surface area (Å²) in [7, 11) is 1.65. The molecule has 0 aliphatic carbocycles. The highest BCUT2D eigenvalue weighted by Gasteiger charge is 2.26. The number of thioether (sulfide) groups is 1. The number of fused-ring (bicyclic) bond motifs is 1. The summed E-state index contributed by atoms with van der Waals surface area (Å²) in [4.78, 5) is 28.2. The van der Waals surface area contributed by atoms with Crippen molar-refractivity contribution in [3.05, 3.63) is 18.2 Å². The van der Waals surface area contributed by atoms with Gasteiger partial charge < -0.3 is 25.4 Å². The number of ether oxygens (including phenoxy) is 2. The monoisotopic (exact) mass is 466 g/mol. The van der Waals surface area contributed by atoms with Crippen LogP contribution in [0.3, 0.4) is 0 Å². The fraction of sp³-hybridized carbons (Fsp3) is 0.571. The summed E-state index contributed by atoms with van der Waals surface area (Å²) in [5.41, 5.74) is 1.72. The van der Waals surface area contributed by atoms with Crippen molar-refractivity contribution in [1.29, 1.82) is 0 Å². The summed E-state index contributed by atoms with van der Waals surface area (Å²) in [5.74, 6) is 0.559. The van der Waals surface area contributed by atoms with Gasteiger partial charge in [-0.25, -0.2) is 9.78 Å². The average Bonchev–Trinajstić information content (AvgIpc) is 3.28. The third-order valence-electron chi connectivity index (χ3n) is 5.05. The minimum atomic E-state index is -0.0871. The van der Waals surface area contributed by atoms with E-state index in [1.165, 1.54) is 0 Å². The Morgan fingerprint density at radius 3 is 2.90 bits per heavy atom. The van der Waals surface area contributed by atoms with E-state index in [2.05, 4.69) is 20.9 Å². The van der Waals surface area contributed by atoms with E-state index >= 15 is 0 Å². The first-order valence-electron chi connectivity index (χ1n) is 10.5. The van der Waals surface area contributed by atoms with Crippen LogP contribution in [-0.2, 0) is 14.3 Å². The molecule has 1 aliphatic rings. The van der Waals surface area contributed by atoms with Crippen LogP contribution in [0, 0.1) is 0 Å². The van der Waals surface area contributed by atoms with E-state index in [4.69, 9.17) is 9.47 Å². The number of anilines is 1. The molecule has 31 heavy (non-hydrogen) atoms. The fourth-order valence-electron chi connectivity index (χ4n) is 3.35. The van der Waals surface area contributed by atoms with Crippen LogP contribution in [0.25, 0.3) is 10.2 Å². The van der Waals surface area contributed by atoms with Gasteiger partial charge in [0, 0.05) is 25.3 Å². The Hall–Kier alpha value is -1.88. The van der Waals surface area contributed by atoms with Crippen molar-refractivity contribution in [1.82, 2.24) is 15.6 Å². The van der Waals surface area contributed by atoms with E-state index in [9.17, 15) is 9.59 Å². The van der Waals surface area contributed by atoms with Gasteiger partial charge in [0.2, 0.25) is 5.91 Å². The average molecular weight is 467 g/mol. The van der Waals surface area contributed by atoms with Gasteiger partial charge in [-0.15, -0.1) is 11.3 Å². The van der Waals surface area contributed by atoms with Gasteiger partial charge in [0.05, 0.1) is 35.4 Å². The summed E-state index contributed by atoms with van der Waals surface area (Å²) < 4.78 is 12.4. The number of urea groups is 1. The predicted molar refractivity (Wildman–Crippen MR) is 125 cm³/mol. The molecule has 2 heterocycles. The first-order valence-corrected chi connectivity index (χ1v) is 12.3. The Morgan fingerprint density at radius 1 is 1.26 bits per heavy atom. The zero-order valence-electron chi connectivity index (χ0n) is 17.9. The molecule has 1 aromatic carbocycles. The number of benzene rings is 1. The maximum absolute atomic E-state index is 12.3. The molecule has 1 fully saturated rings. The topological polar surface area (TPSA) is 102 Å². The summed E-state index contributed by atoms with van der Waals surface area (Å²) in [5, 5.41) is 8.76. The third kappa shape index (κ3) is 7.64. The molecule has 2 aromatic rings. The fourth-order valence-corrected chi connectivity index (χ4v) is 5.20. The number of methoxy groups -OCH3 is 1. The number of carbonyl (C=O) groups is 2. The number of unbranched alkanes of at least 4 members (excludes halogenated alkanes) is 2. The minimum absolute atomic E-state index is 0.0224. The maximum atomic E-state index is 12.3. The standard InChI is InChI=1S/C21H30N4O4S2/c1-14-16(24-20(27)22-14)6-4-3-5-7-19(26)23-15-8-9-17-18(12-15)31-21(25-17)30-13-29-11-10-28-2/h8-9,12,14,16H,3-7,10-11,13H2,1-2H3,(H,23,26)(H2,22,24,27). The van der Waals surface area contributed by atoms with Crippen LogP contribution in [-0.4, -0.2) is 55.3 Å². The molecule has 2 atom stereocenters. The molecule has 1 aliphatic heterocycles. The van der Waals surface area contributed by atoms with Crippen molar-refractivity contribution in [2.75, 3.05) is 31.6 Å². The second-order valence-corrected chi connectivity index (χ2v) is 9.69. The summed E-state index contributed by atoms with van der Waals surface area (Å²) in [6, 6.07) is 6.06. The van der Waals surface area contributed by atoms with Crippen LogP contribution in [0.15, 0.2) is 22.5 Å². The van der Waals surface area contributed by atoms with E-state index in [0.717, 1.165) is 45.9 Å². The van der Waals surface area contributed by atoms with Gasteiger partial charge in [0.15, 0.2) is 4.34 Å². The molecular formula is C21H30N4O4S2. The van der Waals surface area contributed by atoms with Gasteiger partial charge >= 0.3 is 6.03 Å². The minimum Gasteiger partial charge on any atom is -0.382 e. The lowest BCUT2D eigenvalue weighted by Gasteiger charge is -2.13. The van der Waals surface area contributed by atoms with Crippen molar-refractivity contribution in [3.8, 4) is 0 Å². The molecule has 8 nitrogen and oxygen atoms in total. The normalized spacial score (nSPS) is 18.2. The number of thiazole rings is 1. The van der Waals surface area contributed by atoms with E-state index in [1.807, 2.05) is 25.1 Å². The van der Waals surface area contributed by atoms with Gasteiger partial charge in [0.25, 0.3) is 0 Å². The molecule has 0 radical (unpaired) electrons. The van der Waals surface area contributed by atoms with Crippen molar-refractivity contribution in [2.45, 2.75) is 55.5 Å². The number of hydrogen-bond donors (Lipinski definition) is 3. The van der Waals surface area contributed by atoms with Gasteiger partial charge in [-0.2, -0.15) is 0 Å². The smallest absolute Gasteiger partial charge is 0.315 e. The molecule has 3 rings (SSSR count). The van der Waals surface area contributed by atoms with Crippen LogP contribution in [0.4, 0.5) is 10.5 Å². The number of carbonyl (C=O) groups excluding carboxylic acids is 2. The Bertz CT molecular complexity index is 876. The molecule has 0 saturated carbocycles. The third-order valence-corrected chi connectivity index (χ3v) is 7.09. The Kier molecular flexibility index (Phi) is 9.38. The SMILES string of the molecule is COCCOCSc1nc2ccc(NC(=O)CCCCCC3NC(=O)NC3C)cc2s1. The van der Waals surface area contributed by atoms with Gasteiger partial charge in [-0.1, -0.05) is 24.6 Å². The van der Waals surface area contributed by atoms with E-state index in [0.29, 0.717) is 25.6 Å². The molecule has 1 saturated heterocycles. The maximum Gasteiger partial charge on any atom is 0.315 e. The van der Waals surface area contributed by atoms with Crippen LogP contribution >= 0.6 is 23.1 Å². The zero-order chi connectivity index (χ0) is 22.1. The predicted octanol–water partition coefficient (Wildman–Crippen LogP) is 3.97. The second-order valence-electron chi connectivity index (χ2n) is 7.49. The molecule has 10 heteroatoms. The highest BCUT2D eigenvalue weighted by Crippen LogP contribution is 2.31. The Morgan fingerprint density at radius 2 is 2.13 bits per heavy atom. The molecule has 0 spiro atoms. The first kappa shape index (κ1) is 23.8. The molecule has 3 amide bonds. The van der Waals surface area contributed by atoms with Crippen LogP contribution < -0.4 is 16.0 Å². The molecular weight excluding hydrogens is 436 g/mol. The molecule has 0 bridgehead atoms. The van der Waals surface area contributed by atoms with Gasteiger partial charge in [0.1, 0.15) is 0 Å². The second kappa shape index (κ2) is 12.2. The van der Waals surface area contributed by atoms with Crippen molar-refractivity contribution >= 4 is 50.9 Å².